The second kappa shape index (κ2) is 6.53. The summed E-state index contributed by atoms with van der Waals surface area (Å²) in [6.45, 7) is 5.82. The molecule has 1 saturated heterocycles. The monoisotopic (exact) mass is 337 g/mol. The van der Waals surface area contributed by atoms with Gasteiger partial charge < -0.3 is 15.2 Å². The Morgan fingerprint density at radius 2 is 2.04 bits per heavy atom. The van der Waals surface area contributed by atoms with Gasteiger partial charge in [-0.1, -0.05) is 5.21 Å². The van der Waals surface area contributed by atoms with Crippen LogP contribution in [0.15, 0.2) is 4.63 Å². The van der Waals surface area contributed by atoms with Crippen LogP contribution >= 0.6 is 0 Å². The minimum Gasteiger partial charge on any atom is -0.464 e. The number of nitrogens with two attached hydrogens (primary N) is 1. The minimum atomic E-state index is -0.583. The maximum absolute atomic E-state index is 12.0. The van der Waals surface area contributed by atoms with E-state index in [4.69, 9.17) is 15.2 Å². The lowest BCUT2D eigenvalue weighted by atomic mass is 10.2. The number of rotatable bonds is 4. The van der Waals surface area contributed by atoms with Crippen LogP contribution in [0.4, 0.5) is 5.82 Å². The van der Waals surface area contributed by atoms with Gasteiger partial charge in [0, 0.05) is 19.6 Å². The van der Waals surface area contributed by atoms with Crippen LogP contribution in [0, 0.1) is 0 Å². The Morgan fingerprint density at radius 1 is 1.33 bits per heavy atom. The summed E-state index contributed by atoms with van der Waals surface area (Å²) in [5.74, 6) is -0.344. The van der Waals surface area contributed by atoms with Crippen LogP contribution in [0.5, 0.6) is 0 Å². The number of morpholine rings is 1. The zero-order valence-corrected chi connectivity index (χ0v) is 13.7. The topological polar surface area (TPSA) is 134 Å². The third-order valence-corrected chi connectivity index (χ3v) is 3.71. The van der Waals surface area contributed by atoms with Crippen molar-refractivity contribution < 1.29 is 18.9 Å². The summed E-state index contributed by atoms with van der Waals surface area (Å²) in [6.07, 6.45) is 0.164. The zero-order valence-electron chi connectivity index (χ0n) is 13.7. The molecule has 0 bridgehead atoms. The van der Waals surface area contributed by atoms with Crippen LogP contribution < -0.4 is 5.73 Å². The lowest BCUT2D eigenvalue weighted by Crippen LogP contribution is -2.45. The molecule has 0 spiro atoms. The second-order valence-electron chi connectivity index (χ2n) is 5.71. The van der Waals surface area contributed by atoms with Gasteiger partial charge in [-0.25, -0.2) is 9.42 Å². The minimum absolute atomic E-state index is 0.0567. The van der Waals surface area contributed by atoms with Gasteiger partial charge in [0.15, 0.2) is 5.69 Å². The van der Waals surface area contributed by atoms with Crippen molar-refractivity contribution in [1.29, 1.82) is 0 Å². The van der Waals surface area contributed by atoms with Crippen molar-refractivity contribution in [3.05, 3.63) is 11.4 Å². The third-order valence-electron chi connectivity index (χ3n) is 3.71. The predicted molar refractivity (Wildman–Crippen MR) is 80.3 cm³/mol. The van der Waals surface area contributed by atoms with Crippen molar-refractivity contribution in [1.82, 2.24) is 30.2 Å². The van der Waals surface area contributed by atoms with Gasteiger partial charge in [-0.3, -0.25) is 4.90 Å². The van der Waals surface area contributed by atoms with E-state index in [9.17, 15) is 4.79 Å². The fourth-order valence-corrected chi connectivity index (χ4v) is 2.83. The van der Waals surface area contributed by atoms with Crippen LogP contribution in [0.3, 0.4) is 0 Å². The van der Waals surface area contributed by atoms with Crippen LogP contribution in [-0.2, 0) is 16.0 Å². The molecule has 0 aromatic carbocycles. The van der Waals surface area contributed by atoms with Gasteiger partial charge in [0.05, 0.1) is 25.0 Å². The highest BCUT2D eigenvalue weighted by Crippen LogP contribution is 2.20. The Bertz CT molecular complexity index is 718. The first-order chi connectivity index (χ1) is 11.5. The molecule has 130 valence electrons. The Hall–Kier alpha value is -2.53. The van der Waals surface area contributed by atoms with Crippen LogP contribution in [0.1, 0.15) is 30.0 Å². The summed E-state index contributed by atoms with van der Waals surface area (Å²) >= 11 is 0. The molecular weight excluding hydrogens is 318 g/mol. The number of hydrogen-bond donors (Lipinski definition) is 1. The molecule has 2 unspecified atom stereocenters. The lowest BCUT2D eigenvalue weighted by Gasteiger charge is -2.35. The Balaban J connectivity index is 1.96. The third kappa shape index (κ3) is 3.08. The van der Waals surface area contributed by atoms with Crippen LogP contribution in [0.25, 0.3) is 5.82 Å². The molecule has 11 heteroatoms. The summed E-state index contributed by atoms with van der Waals surface area (Å²) in [6, 6.07) is 0. The van der Waals surface area contributed by atoms with Gasteiger partial charge in [0.25, 0.3) is 0 Å². The molecule has 3 heterocycles. The number of anilines is 1. The number of methoxy groups -OCH3 is 1. The van der Waals surface area contributed by atoms with Gasteiger partial charge in [-0.2, -0.15) is 4.68 Å². The van der Waals surface area contributed by atoms with E-state index in [-0.39, 0.29) is 29.5 Å². The highest BCUT2D eigenvalue weighted by molar-refractivity contribution is 5.88. The molecule has 2 aromatic heterocycles. The first kappa shape index (κ1) is 16.3. The van der Waals surface area contributed by atoms with Gasteiger partial charge in [0.1, 0.15) is 0 Å². The standard InChI is InChI=1S/C13H19N7O4/c1-7-4-19(5-8(2)23-7)6-9-10(13(21)22-3)15-18-20(9)12-11(14)16-24-17-12/h7-8H,4-6H2,1-3H3,(H2,14,16). The van der Waals surface area contributed by atoms with Crippen LogP contribution in [-0.4, -0.2) is 68.6 Å². The maximum Gasteiger partial charge on any atom is 0.360 e. The van der Waals surface area contributed by atoms with E-state index < -0.39 is 5.97 Å². The van der Waals surface area contributed by atoms with Gasteiger partial charge >= 0.3 is 5.97 Å². The molecular formula is C13H19N7O4. The molecule has 11 nitrogen and oxygen atoms in total. The average Bonchev–Trinajstić information content (AvgIpc) is 3.11. The maximum atomic E-state index is 12.0. The number of nitrogens with zero attached hydrogens (tertiary/aromatic N) is 6. The summed E-state index contributed by atoms with van der Waals surface area (Å²) in [4.78, 5) is 14.1. The zero-order chi connectivity index (χ0) is 17.3. The van der Waals surface area contributed by atoms with E-state index in [0.717, 1.165) is 0 Å². The molecule has 2 aromatic rings. The molecule has 0 radical (unpaired) electrons. The van der Waals surface area contributed by atoms with Gasteiger partial charge in [-0.15, -0.1) is 5.10 Å². The molecule has 1 fully saturated rings. The largest absolute Gasteiger partial charge is 0.464 e. The van der Waals surface area contributed by atoms with E-state index in [1.165, 1.54) is 11.8 Å². The van der Waals surface area contributed by atoms with Gasteiger partial charge in [0.2, 0.25) is 11.6 Å². The molecule has 0 aliphatic carbocycles. The fourth-order valence-electron chi connectivity index (χ4n) is 2.83. The van der Waals surface area contributed by atoms with Gasteiger partial charge in [-0.05, 0) is 24.2 Å². The fraction of sp³-hybridized carbons (Fsp3) is 0.615. The van der Waals surface area contributed by atoms with E-state index >= 15 is 0 Å². The van der Waals surface area contributed by atoms with E-state index in [1.807, 2.05) is 13.8 Å². The number of esters is 1. The summed E-state index contributed by atoms with van der Waals surface area (Å²) in [5.41, 5.74) is 6.34. The first-order valence-electron chi connectivity index (χ1n) is 7.48. The highest BCUT2D eigenvalue weighted by atomic mass is 16.6. The number of aromatic nitrogens is 5. The molecule has 1 aliphatic rings. The number of carbonyl (C=O) groups is 1. The Labute approximate surface area is 137 Å². The van der Waals surface area contributed by atoms with Crippen molar-refractivity contribution >= 4 is 11.8 Å². The number of carbonyl (C=O) groups excluding carboxylic acids is 1. The molecule has 1 aliphatic heterocycles. The molecule has 0 amide bonds. The van der Waals surface area contributed by atoms with E-state index in [0.29, 0.717) is 25.3 Å². The Morgan fingerprint density at radius 3 is 2.62 bits per heavy atom. The SMILES string of the molecule is COC(=O)c1nnn(-c2nonc2N)c1CN1CC(C)OC(C)C1. The molecule has 24 heavy (non-hydrogen) atoms. The predicted octanol–water partition coefficient (Wildman–Crippen LogP) is -0.372. The number of hydrogen-bond acceptors (Lipinski definition) is 10. The molecule has 0 saturated carbocycles. The smallest absolute Gasteiger partial charge is 0.360 e. The van der Waals surface area contributed by atoms with E-state index in [1.54, 1.807) is 0 Å². The lowest BCUT2D eigenvalue weighted by molar-refractivity contribution is -0.0709. The number of ether oxygens (including phenoxy) is 2. The van der Waals surface area contributed by atoms with Crippen molar-refractivity contribution in [2.75, 3.05) is 25.9 Å². The van der Waals surface area contributed by atoms with Crippen molar-refractivity contribution in [2.24, 2.45) is 0 Å². The molecule has 2 N–H and O–H groups in total. The van der Waals surface area contributed by atoms with Crippen molar-refractivity contribution in [3.8, 4) is 5.82 Å². The Kier molecular flexibility index (Phi) is 4.44. The second-order valence-corrected chi connectivity index (χ2v) is 5.71. The average molecular weight is 337 g/mol. The number of nitrogen functional groups attached to an aromatic ring is 1. The summed E-state index contributed by atoms with van der Waals surface area (Å²) in [5, 5.41) is 15.1. The van der Waals surface area contributed by atoms with Crippen molar-refractivity contribution in [2.45, 2.75) is 32.6 Å². The molecule has 3 rings (SSSR count). The van der Waals surface area contributed by atoms with Crippen molar-refractivity contribution in [3.63, 3.8) is 0 Å². The highest BCUT2D eigenvalue weighted by Gasteiger charge is 2.29. The quantitative estimate of drug-likeness (QED) is 0.736. The summed E-state index contributed by atoms with van der Waals surface area (Å²) < 4.78 is 16.5. The molecule has 2 atom stereocenters. The normalized spacial score (nSPS) is 21.8. The first-order valence-corrected chi connectivity index (χ1v) is 7.48. The van der Waals surface area contributed by atoms with Crippen LogP contribution in [0.2, 0.25) is 0 Å². The summed E-state index contributed by atoms with van der Waals surface area (Å²) in [7, 11) is 1.29. The van der Waals surface area contributed by atoms with E-state index in [2.05, 4.69) is 30.2 Å².